The maximum absolute atomic E-state index is 9.87. The second-order valence-corrected chi connectivity index (χ2v) is 13.0. The molecule has 0 aliphatic rings. The van der Waals surface area contributed by atoms with E-state index >= 15 is 0 Å². The zero-order chi connectivity index (χ0) is 31.7. The fraction of sp³-hybridized carbons (Fsp3) is 0.136. The Hall–Kier alpha value is -5.70. The minimum atomic E-state index is 0.275. The molecule has 0 atom stereocenters. The van der Waals surface area contributed by atoms with Gasteiger partial charge in [0.1, 0.15) is 0 Å². The van der Waals surface area contributed by atoms with Gasteiger partial charge < -0.3 is 0 Å². The molecule has 0 radical (unpaired) electrons. The molecule has 8 aromatic rings. The highest BCUT2D eigenvalue weighted by molar-refractivity contribution is 6.44. The average molecular weight is 589 g/mol. The molecular weight excluding hydrogens is 556 g/mol. The van der Waals surface area contributed by atoms with E-state index in [0.29, 0.717) is 11.3 Å². The molecule has 0 fully saturated rings. The number of rotatable bonds is 4. The number of hydrogen-bond donors (Lipinski definition) is 0. The van der Waals surface area contributed by atoms with Crippen molar-refractivity contribution in [3.8, 4) is 28.3 Å². The van der Waals surface area contributed by atoms with Crippen molar-refractivity contribution < 1.29 is 0 Å². The second-order valence-electron chi connectivity index (χ2n) is 13.0. The summed E-state index contributed by atoms with van der Waals surface area (Å²) in [6, 6.07) is 41.0. The van der Waals surface area contributed by atoms with E-state index in [1.54, 1.807) is 0 Å². The highest BCUT2D eigenvalue weighted by Gasteiger charge is 2.26. The molecule has 0 aliphatic carbocycles. The molecule has 0 unspecified atom stereocenters. The van der Waals surface area contributed by atoms with Crippen molar-refractivity contribution in [2.75, 3.05) is 0 Å². The van der Waals surface area contributed by atoms with Gasteiger partial charge in [-0.25, -0.2) is 4.85 Å². The first kappa shape index (κ1) is 27.8. The van der Waals surface area contributed by atoms with Crippen LogP contribution in [0.25, 0.3) is 81.0 Å². The highest BCUT2D eigenvalue weighted by atomic mass is 14.6. The Bertz CT molecular complexity index is 2420. The highest BCUT2D eigenvalue weighted by Crippen LogP contribution is 2.53. The van der Waals surface area contributed by atoms with Gasteiger partial charge >= 0.3 is 0 Å². The third-order valence-corrected chi connectivity index (χ3v) is 9.73. The number of nitriles is 1. The summed E-state index contributed by atoms with van der Waals surface area (Å²) in [5, 5.41) is 22.5. The lowest BCUT2D eigenvalue weighted by atomic mass is 9.76. The van der Waals surface area contributed by atoms with Gasteiger partial charge in [0.15, 0.2) is 5.69 Å². The van der Waals surface area contributed by atoms with E-state index in [1.165, 1.54) is 70.6 Å². The van der Waals surface area contributed by atoms with E-state index in [-0.39, 0.29) is 11.8 Å². The molecule has 2 heteroatoms. The summed E-state index contributed by atoms with van der Waals surface area (Å²) in [6.07, 6.45) is 0. The van der Waals surface area contributed by atoms with E-state index in [2.05, 4.69) is 111 Å². The lowest BCUT2D eigenvalue weighted by Crippen LogP contribution is -2.01. The summed E-state index contributed by atoms with van der Waals surface area (Å²) in [5.41, 5.74) is 8.38. The maximum Gasteiger partial charge on any atom is 0.187 e. The fourth-order valence-electron chi connectivity index (χ4n) is 7.75. The van der Waals surface area contributed by atoms with Crippen LogP contribution in [0.5, 0.6) is 0 Å². The van der Waals surface area contributed by atoms with Gasteiger partial charge in [0.25, 0.3) is 0 Å². The molecule has 218 valence electrons. The molecule has 0 saturated heterocycles. The van der Waals surface area contributed by atoms with Crippen LogP contribution < -0.4 is 0 Å². The normalized spacial score (nSPS) is 11.8. The van der Waals surface area contributed by atoms with Gasteiger partial charge in [-0.3, -0.25) is 0 Å². The molecule has 0 bridgehead atoms. The number of benzene rings is 8. The first-order chi connectivity index (χ1) is 22.4. The first-order valence-electron chi connectivity index (χ1n) is 16.0. The fourth-order valence-corrected chi connectivity index (χ4v) is 7.75. The molecule has 0 N–H and O–H groups in total. The van der Waals surface area contributed by atoms with Crippen LogP contribution in [-0.2, 0) is 0 Å². The van der Waals surface area contributed by atoms with Crippen LogP contribution in [0, 0.1) is 17.9 Å². The lowest BCUT2D eigenvalue weighted by molar-refractivity contribution is 0.877. The van der Waals surface area contributed by atoms with Crippen LogP contribution in [0.4, 0.5) is 5.69 Å². The predicted molar refractivity (Wildman–Crippen MR) is 195 cm³/mol. The molecule has 0 aliphatic heterocycles. The first-order valence-corrected chi connectivity index (χ1v) is 16.0. The van der Waals surface area contributed by atoms with Crippen molar-refractivity contribution in [2.24, 2.45) is 0 Å². The number of nitrogens with zero attached hydrogens (tertiary/aromatic N) is 2. The quantitative estimate of drug-likeness (QED) is 0.114. The standard InChI is InChI=1S/C44H32N2/c1-25(2)35-22-37(28-13-10-12-27(20-28)24-45)41-33-18-8-6-16-31(33)40-36(26(3)4)23-38(29-14-11-15-30(21-29)46-5)42-34-19-9-7-17-32(34)39(35)43(41)44(40)42/h6-23,25-26H,1-4H3. The van der Waals surface area contributed by atoms with Gasteiger partial charge in [-0.05, 0) is 129 Å². The van der Waals surface area contributed by atoms with Crippen molar-refractivity contribution in [2.45, 2.75) is 39.5 Å². The lowest BCUT2D eigenvalue weighted by Gasteiger charge is -2.27. The second kappa shape index (κ2) is 10.4. The summed E-state index contributed by atoms with van der Waals surface area (Å²) < 4.78 is 0. The zero-order valence-corrected chi connectivity index (χ0v) is 26.4. The maximum atomic E-state index is 9.87. The van der Waals surface area contributed by atoms with Crippen LogP contribution in [0.2, 0.25) is 0 Å². The van der Waals surface area contributed by atoms with Gasteiger partial charge in [-0.2, -0.15) is 5.26 Å². The average Bonchev–Trinajstić information content (AvgIpc) is 3.10. The summed E-state index contributed by atoms with van der Waals surface area (Å²) in [6.45, 7) is 16.9. The van der Waals surface area contributed by atoms with E-state index in [1.807, 2.05) is 36.4 Å². The molecule has 46 heavy (non-hydrogen) atoms. The SMILES string of the molecule is [C-]#[N+]c1cccc(-c2cc(C(C)C)c3c4ccccc4c4c(-c5cccc(C#N)c5)cc(C(C)C)c5c6ccccc6c2c3c45)c1. The van der Waals surface area contributed by atoms with E-state index < -0.39 is 0 Å². The summed E-state index contributed by atoms with van der Waals surface area (Å²) in [5.74, 6) is 0.551. The van der Waals surface area contributed by atoms with Crippen molar-refractivity contribution in [3.05, 3.63) is 137 Å². The number of fused-ring (bicyclic) bond motifs is 6. The zero-order valence-electron chi connectivity index (χ0n) is 26.4. The van der Waals surface area contributed by atoms with Crippen LogP contribution >= 0.6 is 0 Å². The molecule has 0 aromatic heterocycles. The molecule has 0 spiro atoms. The molecule has 2 nitrogen and oxygen atoms in total. The molecule has 0 heterocycles. The van der Waals surface area contributed by atoms with Gasteiger partial charge in [-0.1, -0.05) is 107 Å². The van der Waals surface area contributed by atoms with Crippen LogP contribution in [0.15, 0.2) is 109 Å². The molecule has 0 saturated carbocycles. The van der Waals surface area contributed by atoms with Gasteiger partial charge in [0, 0.05) is 0 Å². The van der Waals surface area contributed by atoms with Crippen molar-refractivity contribution in [1.29, 1.82) is 5.26 Å². The number of hydrogen-bond acceptors (Lipinski definition) is 1. The van der Waals surface area contributed by atoms with E-state index in [9.17, 15) is 5.26 Å². The Morgan fingerprint density at radius 2 is 0.978 bits per heavy atom. The smallest absolute Gasteiger partial charge is 0.187 e. The van der Waals surface area contributed by atoms with Crippen molar-refractivity contribution >= 4 is 59.5 Å². The Labute approximate surface area is 269 Å². The predicted octanol–water partition coefficient (Wildman–Crippen LogP) is 12.9. The topological polar surface area (TPSA) is 28.1 Å². The largest absolute Gasteiger partial charge is 0.238 e. The Morgan fingerprint density at radius 1 is 0.522 bits per heavy atom. The summed E-state index contributed by atoms with van der Waals surface area (Å²) >= 11 is 0. The van der Waals surface area contributed by atoms with Crippen LogP contribution in [-0.4, -0.2) is 0 Å². The molecule has 0 amide bonds. The summed E-state index contributed by atoms with van der Waals surface area (Å²) in [7, 11) is 0. The van der Waals surface area contributed by atoms with Crippen molar-refractivity contribution in [3.63, 3.8) is 0 Å². The van der Waals surface area contributed by atoms with E-state index in [4.69, 9.17) is 6.57 Å². The van der Waals surface area contributed by atoms with Gasteiger partial charge in [0.05, 0.1) is 18.2 Å². The van der Waals surface area contributed by atoms with Crippen LogP contribution in [0.1, 0.15) is 56.2 Å². The third-order valence-electron chi connectivity index (χ3n) is 9.73. The molecular formula is C44H32N2. The monoisotopic (exact) mass is 588 g/mol. The minimum Gasteiger partial charge on any atom is -0.238 e. The van der Waals surface area contributed by atoms with Gasteiger partial charge in [-0.15, -0.1) is 0 Å². The van der Waals surface area contributed by atoms with Gasteiger partial charge in [0.2, 0.25) is 0 Å². The summed E-state index contributed by atoms with van der Waals surface area (Å²) in [4.78, 5) is 3.80. The Balaban J connectivity index is 1.77. The third kappa shape index (κ3) is 3.94. The minimum absolute atomic E-state index is 0.275. The van der Waals surface area contributed by atoms with E-state index in [0.717, 1.165) is 16.7 Å². The molecule has 8 aromatic carbocycles. The Kier molecular flexibility index (Phi) is 6.32. The molecule has 8 rings (SSSR count). The van der Waals surface area contributed by atoms with Crippen molar-refractivity contribution in [1.82, 2.24) is 0 Å². The Morgan fingerprint density at radius 3 is 1.43 bits per heavy atom. The van der Waals surface area contributed by atoms with Crippen LogP contribution in [0.3, 0.4) is 0 Å².